The van der Waals surface area contributed by atoms with E-state index >= 15 is 0 Å². The van der Waals surface area contributed by atoms with E-state index in [4.69, 9.17) is 5.21 Å². The van der Waals surface area contributed by atoms with Crippen LogP contribution in [0.3, 0.4) is 0 Å². The molecule has 1 amide bonds. The van der Waals surface area contributed by atoms with E-state index in [1.807, 2.05) is 18.3 Å². The molecule has 0 spiro atoms. The second-order valence-corrected chi connectivity index (χ2v) is 7.14. The Labute approximate surface area is 168 Å². The first-order valence-electron chi connectivity index (χ1n) is 9.52. The topological polar surface area (TPSA) is 68.4 Å². The molecule has 3 aromatic rings. The maximum atomic E-state index is 14.6. The van der Waals surface area contributed by atoms with Gasteiger partial charge in [-0.15, -0.1) is 0 Å². The lowest BCUT2D eigenvalue weighted by Gasteiger charge is -2.27. The highest BCUT2D eigenvalue weighted by Gasteiger charge is 2.18. The number of nitrogens with one attached hydrogen (secondary N) is 2. The third kappa shape index (κ3) is 4.29. The molecule has 0 fully saturated rings. The number of hydrogen-bond donors (Lipinski definition) is 3. The van der Waals surface area contributed by atoms with Gasteiger partial charge in [-0.3, -0.25) is 14.9 Å². The molecule has 3 N–H and O–H groups in total. The van der Waals surface area contributed by atoms with Gasteiger partial charge in [-0.1, -0.05) is 36.4 Å². The molecule has 29 heavy (non-hydrogen) atoms. The van der Waals surface area contributed by atoms with Gasteiger partial charge in [0.25, 0.3) is 5.91 Å². The number of fused-ring (bicyclic) bond motifs is 1. The van der Waals surface area contributed by atoms with Gasteiger partial charge in [-0.2, -0.15) is 0 Å². The van der Waals surface area contributed by atoms with Gasteiger partial charge in [0.2, 0.25) is 0 Å². The fraction of sp³-hybridized carbons (Fsp3) is 0.174. The van der Waals surface area contributed by atoms with Crippen molar-refractivity contribution in [1.82, 2.24) is 15.4 Å². The van der Waals surface area contributed by atoms with E-state index in [0.29, 0.717) is 17.7 Å². The quantitative estimate of drug-likeness (QED) is 0.348. The van der Waals surface area contributed by atoms with Crippen LogP contribution in [0, 0.1) is 5.82 Å². The van der Waals surface area contributed by atoms with Gasteiger partial charge in [0.15, 0.2) is 0 Å². The molecule has 1 aliphatic heterocycles. The summed E-state index contributed by atoms with van der Waals surface area (Å²) in [5.41, 5.74) is 6.26. The van der Waals surface area contributed by atoms with E-state index in [2.05, 4.69) is 28.1 Å². The standard InChI is InChI=1S/C23H22FN3O2/c24-21-12-16(8-10-23(28)26-29)7-9-18(21)15-27-11-3-4-17(14-27)20-13-25-22-6-2-1-5-19(20)22/h1-2,4-10,12-13,25,29H,3,11,14-15H2,(H,26,28)/b10-8+. The number of nitrogens with zero attached hydrogens (tertiary/aromatic N) is 1. The molecule has 2 heterocycles. The average molecular weight is 391 g/mol. The molecule has 1 aliphatic rings. The van der Waals surface area contributed by atoms with Gasteiger partial charge in [-0.25, -0.2) is 9.87 Å². The maximum Gasteiger partial charge on any atom is 0.267 e. The van der Waals surface area contributed by atoms with Crippen LogP contribution in [0.4, 0.5) is 4.39 Å². The zero-order valence-corrected chi connectivity index (χ0v) is 15.9. The molecule has 0 unspecified atom stereocenters. The highest BCUT2D eigenvalue weighted by Crippen LogP contribution is 2.28. The molecule has 1 aromatic heterocycles. The Hall–Kier alpha value is -3.22. The molecule has 6 heteroatoms. The molecular weight excluding hydrogens is 369 g/mol. The third-order valence-electron chi connectivity index (χ3n) is 5.17. The number of halogens is 1. The van der Waals surface area contributed by atoms with Crippen molar-refractivity contribution in [3.8, 4) is 0 Å². The summed E-state index contributed by atoms with van der Waals surface area (Å²) in [7, 11) is 0. The van der Waals surface area contributed by atoms with Crippen LogP contribution in [0.1, 0.15) is 23.1 Å². The van der Waals surface area contributed by atoms with Crippen LogP contribution in [0.15, 0.2) is 60.8 Å². The van der Waals surface area contributed by atoms with Crippen molar-refractivity contribution < 1.29 is 14.4 Å². The Kier molecular flexibility index (Phi) is 5.55. The fourth-order valence-corrected chi connectivity index (χ4v) is 3.72. The summed E-state index contributed by atoms with van der Waals surface area (Å²) in [6, 6.07) is 13.1. The number of aromatic nitrogens is 1. The van der Waals surface area contributed by atoms with Crippen molar-refractivity contribution >= 4 is 28.5 Å². The van der Waals surface area contributed by atoms with Crippen molar-refractivity contribution in [3.63, 3.8) is 0 Å². The molecule has 5 nitrogen and oxygen atoms in total. The molecule has 0 bridgehead atoms. The lowest BCUT2D eigenvalue weighted by molar-refractivity contribution is -0.124. The number of carbonyl (C=O) groups is 1. The second kappa shape index (κ2) is 8.43. The molecule has 0 aliphatic carbocycles. The number of rotatable bonds is 5. The van der Waals surface area contributed by atoms with Crippen LogP contribution in [0.25, 0.3) is 22.6 Å². The lowest BCUT2D eigenvalue weighted by atomic mass is 10.00. The summed E-state index contributed by atoms with van der Waals surface area (Å²) in [4.78, 5) is 16.6. The number of hydroxylamine groups is 1. The second-order valence-electron chi connectivity index (χ2n) is 7.14. The number of aromatic amines is 1. The van der Waals surface area contributed by atoms with Gasteiger partial charge >= 0.3 is 0 Å². The summed E-state index contributed by atoms with van der Waals surface area (Å²) >= 11 is 0. The largest absolute Gasteiger partial charge is 0.361 e. The van der Waals surface area contributed by atoms with Gasteiger partial charge in [0.1, 0.15) is 5.82 Å². The van der Waals surface area contributed by atoms with Gasteiger partial charge < -0.3 is 4.98 Å². The lowest BCUT2D eigenvalue weighted by Crippen LogP contribution is -2.29. The third-order valence-corrected chi connectivity index (χ3v) is 5.17. The SMILES string of the molecule is O=C(/C=C/c1ccc(CN2CCC=C(c3c[nH]c4ccccc34)C2)c(F)c1)NO. The first-order chi connectivity index (χ1) is 14.1. The first-order valence-corrected chi connectivity index (χ1v) is 9.52. The minimum atomic E-state index is -0.653. The zero-order chi connectivity index (χ0) is 20.2. The number of benzene rings is 2. The highest BCUT2D eigenvalue weighted by molar-refractivity contribution is 5.93. The summed E-state index contributed by atoms with van der Waals surface area (Å²) in [5, 5.41) is 9.71. The summed E-state index contributed by atoms with van der Waals surface area (Å²) in [5.74, 6) is -0.959. The molecule has 148 valence electrons. The van der Waals surface area contributed by atoms with Crippen LogP contribution in [0.2, 0.25) is 0 Å². The summed E-state index contributed by atoms with van der Waals surface area (Å²) in [6.45, 7) is 2.16. The Morgan fingerprint density at radius 3 is 2.97 bits per heavy atom. The van der Waals surface area contributed by atoms with Crippen LogP contribution < -0.4 is 5.48 Å². The van der Waals surface area contributed by atoms with E-state index in [1.54, 1.807) is 12.1 Å². The first kappa shape index (κ1) is 19.1. The minimum absolute atomic E-state index is 0.306. The van der Waals surface area contributed by atoms with E-state index < -0.39 is 5.91 Å². The minimum Gasteiger partial charge on any atom is -0.361 e. The zero-order valence-electron chi connectivity index (χ0n) is 15.9. The Balaban J connectivity index is 1.47. The van der Waals surface area contributed by atoms with E-state index in [9.17, 15) is 9.18 Å². The Morgan fingerprint density at radius 2 is 2.14 bits per heavy atom. The molecule has 0 saturated heterocycles. The van der Waals surface area contributed by atoms with Crippen molar-refractivity contribution in [1.29, 1.82) is 0 Å². The monoisotopic (exact) mass is 391 g/mol. The van der Waals surface area contributed by atoms with Crippen molar-refractivity contribution in [2.45, 2.75) is 13.0 Å². The average Bonchev–Trinajstić information content (AvgIpc) is 3.18. The van der Waals surface area contributed by atoms with Crippen molar-refractivity contribution in [2.75, 3.05) is 13.1 Å². The number of para-hydroxylation sites is 1. The smallest absolute Gasteiger partial charge is 0.267 e. The molecule has 0 atom stereocenters. The van der Waals surface area contributed by atoms with Crippen LogP contribution in [-0.2, 0) is 11.3 Å². The summed E-state index contributed by atoms with van der Waals surface area (Å²) < 4.78 is 14.6. The van der Waals surface area contributed by atoms with E-state index in [-0.39, 0.29) is 5.82 Å². The molecular formula is C23H22FN3O2. The Bertz CT molecular complexity index is 1100. The van der Waals surface area contributed by atoms with E-state index in [1.165, 1.54) is 34.1 Å². The summed E-state index contributed by atoms with van der Waals surface area (Å²) in [6.07, 6.45) is 7.84. The van der Waals surface area contributed by atoms with Gasteiger partial charge in [-0.05, 0) is 35.8 Å². The van der Waals surface area contributed by atoms with Crippen LogP contribution in [-0.4, -0.2) is 34.1 Å². The molecule has 0 saturated carbocycles. The van der Waals surface area contributed by atoms with Crippen LogP contribution in [0.5, 0.6) is 0 Å². The normalized spacial score (nSPS) is 15.0. The van der Waals surface area contributed by atoms with Crippen LogP contribution >= 0.6 is 0 Å². The van der Waals surface area contributed by atoms with Gasteiger partial charge in [0.05, 0.1) is 0 Å². The Morgan fingerprint density at radius 1 is 1.28 bits per heavy atom. The predicted octanol–water partition coefficient (Wildman–Crippen LogP) is 4.11. The number of carbonyl (C=O) groups excluding carboxylic acids is 1. The van der Waals surface area contributed by atoms with Crippen molar-refractivity contribution in [3.05, 3.63) is 83.3 Å². The number of H-pyrrole nitrogens is 1. The maximum absolute atomic E-state index is 14.6. The van der Waals surface area contributed by atoms with Gasteiger partial charge in [0, 0.05) is 53.9 Å². The number of amides is 1. The molecule has 2 aromatic carbocycles. The predicted molar refractivity (Wildman–Crippen MR) is 112 cm³/mol. The molecule has 0 radical (unpaired) electrons. The van der Waals surface area contributed by atoms with E-state index in [0.717, 1.165) is 31.1 Å². The number of hydrogen-bond acceptors (Lipinski definition) is 3. The highest BCUT2D eigenvalue weighted by atomic mass is 19.1. The molecule has 4 rings (SSSR count). The fourth-order valence-electron chi connectivity index (χ4n) is 3.72. The van der Waals surface area contributed by atoms with Crippen molar-refractivity contribution in [2.24, 2.45) is 0 Å².